The lowest BCUT2D eigenvalue weighted by Gasteiger charge is -2.27. The molecule has 3 heterocycles. The van der Waals surface area contributed by atoms with Crippen LogP contribution in [0.3, 0.4) is 0 Å². The van der Waals surface area contributed by atoms with Crippen LogP contribution in [0.1, 0.15) is 19.7 Å². The van der Waals surface area contributed by atoms with Crippen LogP contribution in [-0.4, -0.2) is 65.9 Å². The van der Waals surface area contributed by atoms with E-state index >= 15 is 0 Å². The van der Waals surface area contributed by atoms with Gasteiger partial charge in [0.15, 0.2) is 0 Å². The summed E-state index contributed by atoms with van der Waals surface area (Å²) in [6.07, 6.45) is 0.786. The van der Waals surface area contributed by atoms with Gasteiger partial charge in [-0.05, 0) is 13.8 Å². The van der Waals surface area contributed by atoms with Crippen LogP contribution in [0, 0.1) is 0 Å². The van der Waals surface area contributed by atoms with Gasteiger partial charge in [0.25, 0.3) is 6.43 Å². The molecule has 0 aliphatic carbocycles. The molecule has 0 spiro atoms. The Hall–Kier alpha value is -2.20. The molecule has 26 heavy (non-hydrogen) atoms. The van der Waals surface area contributed by atoms with Crippen molar-refractivity contribution >= 4 is 5.82 Å². The maximum Gasteiger partial charge on any atom is 0.261 e. The molecule has 0 bridgehead atoms. The summed E-state index contributed by atoms with van der Waals surface area (Å²) in [6.45, 7) is 6.60. The van der Waals surface area contributed by atoms with Crippen LogP contribution in [0.15, 0.2) is 16.9 Å². The van der Waals surface area contributed by atoms with E-state index in [2.05, 4.69) is 30.3 Å². The molecule has 1 fully saturated rings. The fourth-order valence-electron chi connectivity index (χ4n) is 2.56. The zero-order chi connectivity index (χ0) is 18.6. The lowest BCUT2D eigenvalue weighted by molar-refractivity contribution is -0.00239. The summed E-state index contributed by atoms with van der Waals surface area (Å²) in [5.74, 6) is 1.41. The Kier molecular flexibility index (Phi) is 5.72. The molecule has 142 valence electrons. The first kappa shape index (κ1) is 18.6. The zero-order valence-electron chi connectivity index (χ0n) is 14.8. The second-order valence-corrected chi connectivity index (χ2v) is 6.71. The van der Waals surface area contributed by atoms with Gasteiger partial charge in [0.2, 0.25) is 11.7 Å². The van der Waals surface area contributed by atoms with Crippen LogP contribution < -0.4 is 10.2 Å². The summed E-state index contributed by atoms with van der Waals surface area (Å²) >= 11 is 0. The summed E-state index contributed by atoms with van der Waals surface area (Å²) < 4.78 is 34.7. The Morgan fingerprint density at radius 3 is 2.69 bits per heavy atom. The molecule has 0 aromatic carbocycles. The third-order valence-corrected chi connectivity index (χ3v) is 4.02. The summed E-state index contributed by atoms with van der Waals surface area (Å²) in [5, 5.41) is 7.21. The second-order valence-electron chi connectivity index (χ2n) is 6.71. The molecular weight excluding hydrogens is 346 g/mol. The van der Waals surface area contributed by atoms with Gasteiger partial charge in [-0.3, -0.25) is 0 Å². The fraction of sp³-hybridized carbons (Fsp3) is 0.625. The lowest BCUT2D eigenvalue weighted by atomic mass is 9.95. The number of halogens is 2. The van der Waals surface area contributed by atoms with Crippen molar-refractivity contribution in [2.45, 2.75) is 25.7 Å². The van der Waals surface area contributed by atoms with Crippen LogP contribution in [-0.2, 0) is 10.2 Å². The number of hydrogen-bond acceptors (Lipinski definition) is 8. The highest BCUT2D eigenvalue weighted by Gasteiger charge is 2.29. The molecule has 1 aliphatic rings. The number of rotatable bonds is 7. The molecule has 2 aromatic rings. The molecule has 0 atom stereocenters. The summed E-state index contributed by atoms with van der Waals surface area (Å²) in [6, 6.07) is 0. The molecule has 8 nitrogen and oxygen atoms in total. The van der Waals surface area contributed by atoms with E-state index < -0.39 is 18.4 Å². The van der Waals surface area contributed by atoms with E-state index in [9.17, 15) is 8.78 Å². The molecule has 10 heteroatoms. The molecule has 2 aromatic heterocycles. The first-order chi connectivity index (χ1) is 12.5. The molecule has 1 saturated heterocycles. The molecule has 0 saturated carbocycles. The predicted octanol–water partition coefficient (Wildman–Crippen LogP) is 1.50. The van der Waals surface area contributed by atoms with Crippen molar-refractivity contribution in [2.75, 3.05) is 44.3 Å². The lowest BCUT2D eigenvalue weighted by Crippen LogP contribution is -2.43. The first-order valence-electron chi connectivity index (χ1n) is 8.44. The number of hydrogen-bond donors (Lipinski definition) is 1. The molecule has 0 radical (unpaired) electrons. The minimum absolute atomic E-state index is 0.0482. The van der Waals surface area contributed by atoms with Crippen molar-refractivity contribution in [1.29, 1.82) is 0 Å². The van der Waals surface area contributed by atoms with Crippen LogP contribution in [0.2, 0.25) is 0 Å². The Labute approximate surface area is 150 Å². The maximum absolute atomic E-state index is 12.2. The molecule has 1 aliphatic heterocycles. The van der Waals surface area contributed by atoms with E-state index in [1.165, 1.54) is 0 Å². The third-order valence-electron chi connectivity index (χ3n) is 4.02. The molecular formula is C16H22F2N6O2. The molecule has 3 rings (SSSR count). The SMILES string of the molecule is CC(C)(COCC(F)F)c1nc(-c2cnc(N3CCNCC3)cn2)no1. The van der Waals surface area contributed by atoms with Crippen molar-refractivity contribution in [3.8, 4) is 11.5 Å². The van der Waals surface area contributed by atoms with Gasteiger partial charge in [0, 0.05) is 26.2 Å². The van der Waals surface area contributed by atoms with Crippen molar-refractivity contribution < 1.29 is 18.0 Å². The van der Waals surface area contributed by atoms with E-state index in [1.807, 2.05) is 0 Å². The van der Waals surface area contributed by atoms with E-state index in [-0.39, 0.29) is 6.61 Å². The van der Waals surface area contributed by atoms with Crippen molar-refractivity contribution in [2.24, 2.45) is 0 Å². The maximum atomic E-state index is 12.2. The number of ether oxygens (including phenoxy) is 1. The van der Waals surface area contributed by atoms with Crippen LogP contribution in [0.25, 0.3) is 11.5 Å². The van der Waals surface area contributed by atoms with E-state index in [0.717, 1.165) is 32.0 Å². The average molecular weight is 368 g/mol. The number of aromatic nitrogens is 4. The monoisotopic (exact) mass is 368 g/mol. The number of piperazine rings is 1. The average Bonchev–Trinajstić information content (AvgIpc) is 3.13. The topological polar surface area (TPSA) is 89.2 Å². The zero-order valence-corrected chi connectivity index (χ0v) is 14.8. The normalized spacial score (nSPS) is 15.7. The first-order valence-corrected chi connectivity index (χ1v) is 8.44. The highest BCUT2D eigenvalue weighted by Crippen LogP contribution is 2.24. The summed E-state index contributed by atoms with van der Waals surface area (Å²) in [7, 11) is 0. The van der Waals surface area contributed by atoms with E-state index in [4.69, 9.17) is 9.26 Å². The fourth-order valence-corrected chi connectivity index (χ4v) is 2.56. The Morgan fingerprint density at radius 2 is 2.04 bits per heavy atom. The minimum atomic E-state index is -2.51. The van der Waals surface area contributed by atoms with E-state index in [0.29, 0.717) is 17.4 Å². The summed E-state index contributed by atoms with van der Waals surface area (Å²) in [5.41, 5.74) is -0.197. The highest BCUT2D eigenvalue weighted by atomic mass is 19.3. The molecule has 0 amide bonds. The summed E-state index contributed by atoms with van der Waals surface area (Å²) in [4.78, 5) is 15.3. The Bertz CT molecular complexity index is 701. The van der Waals surface area contributed by atoms with Crippen molar-refractivity contribution in [3.63, 3.8) is 0 Å². The Balaban J connectivity index is 1.67. The number of anilines is 1. The standard InChI is InChI=1S/C16H22F2N6O2/c1-16(2,10-25-9-12(17)18)15-22-14(23-26-15)11-7-21-13(8-20-11)24-5-3-19-4-6-24/h7-8,12,19H,3-6,9-10H2,1-2H3. The van der Waals surface area contributed by atoms with E-state index in [1.54, 1.807) is 26.2 Å². The second kappa shape index (κ2) is 8.00. The minimum Gasteiger partial charge on any atom is -0.374 e. The predicted molar refractivity (Wildman–Crippen MR) is 90.3 cm³/mol. The van der Waals surface area contributed by atoms with Gasteiger partial charge in [-0.15, -0.1) is 0 Å². The van der Waals surface area contributed by atoms with Crippen LogP contribution >= 0.6 is 0 Å². The van der Waals surface area contributed by atoms with Gasteiger partial charge in [-0.2, -0.15) is 4.98 Å². The largest absolute Gasteiger partial charge is 0.374 e. The van der Waals surface area contributed by atoms with Crippen LogP contribution in [0.4, 0.5) is 14.6 Å². The quantitative estimate of drug-likeness (QED) is 0.786. The van der Waals surface area contributed by atoms with Crippen molar-refractivity contribution in [3.05, 3.63) is 18.3 Å². The van der Waals surface area contributed by atoms with Gasteiger partial charge in [-0.1, -0.05) is 5.16 Å². The van der Waals surface area contributed by atoms with Gasteiger partial charge < -0.3 is 19.5 Å². The Morgan fingerprint density at radius 1 is 1.27 bits per heavy atom. The molecule has 1 N–H and O–H groups in total. The smallest absolute Gasteiger partial charge is 0.261 e. The number of nitrogens with one attached hydrogen (secondary N) is 1. The number of nitrogens with zero attached hydrogens (tertiary/aromatic N) is 5. The highest BCUT2D eigenvalue weighted by molar-refractivity contribution is 5.49. The van der Waals surface area contributed by atoms with Gasteiger partial charge in [-0.25, -0.2) is 18.7 Å². The number of alkyl halides is 2. The van der Waals surface area contributed by atoms with Crippen molar-refractivity contribution in [1.82, 2.24) is 25.4 Å². The third kappa shape index (κ3) is 4.50. The van der Waals surface area contributed by atoms with Gasteiger partial charge >= 0.3 is 0 Å². The van der Waals surface area contributed by atoms with Gasteiger partial charge in [0.05, 0.1) is 24.4 Å². The van der Waals surface area contributed by atoms with Gasteiger partial charge in [0.1, 0.15) is 18.1 Å². The molecule has 0 unspecified atom stereocenters. The van der Waals surface area contributed by atoms with Crippen LogP contribution in [0.5, 0.6) is 0 Å².